The second kappa shape index (κ2) is 5.99. The highest BCUT2D eigenvalue weighted by atomic mass is 32.2. The predicted octanol–water partition coefficient (Wildman–Crippen LogP) is 2.57. The zero-order valence-corrected chi connectivity index (χ0v) is 14.0. The van der Waals surface area contributed by atoms with Crippen LogP contribution in [0.3, 0.4) is 0 Å². The van der Waals surface area contributed by atoms with Gasteiger partial charge in [-0.2, -0.15) is 4.31 Å². The van der Waals surface area contributed by atoms with E-state index in [4.69, 9.17) is 0 Å². The van der Waals surface area contributed by atoms with E-state index in [1.165, 1.54) is 0 Å². The molecule has 0 bridgehead atoms. The quantitative estimate of drug-likeness (QED) is 0.734. The zero-order valence-electron chi connectivity index (χ0n) is 13.2. The van der Waals surface area contributed by atoms with Gasteiger partial charge in [-0.3, -0.25) is 4.40 Å². The number of hydrogen-bond donors (Lipinski definition) is 0. The van der Waals surface area contributed by atoms with Crippen LogP contribution in [-0.2, 0) is 10.0 Å². The molecule has 0 N–H and O–H groups in total. The molecular weight excluding hydrogens is 324 g/mol. The summed E-state index contributed by atoms with van der Waals surface area (Å²) in [4.78, 5) is 8.99. The van der Waals surface area contributed by atoms with Crippen LogP contribution in [0.5, 0.6) is 0 Å². The molecule has 3 heterocycles. The second-order valence-corrected chi connectivity index (χ2v) is 7.88. The molecule has 3 aromatic rings. The van der Waals surface area contributed by atoms with Gasteiger partial charge in [0.1, 0.15) is 0 Å². The minimum Gasteiger partial charge on any atom is -0.291 e. The molecule has 0 unspecified atom stereocenters. The van der Waals surface area contributed by atoms with Crippen LogP contribution in [0.4, 0.5) is 0 Å². The number of piperidine rings is 1. The van der Waals surface area contributed by atoms with Crippen LogP contribution < -0.4 is 0 Å². The van der Waals surface area contributed by atoms with Gasteiger partial charge in [-0.1, -0.05) is 18.6 Å². The van der Waals surface area contributed by atoms with Crippen LogP contribution in [0.25, 0.3) is 17.0 Å². The Hall–Kier alpha value is -2.25. The van der Waals surface area contributed by atoms with E-state index in [1.807, 2.05) is 28.9 Å². The van der Waals surface area contributed by atoms with E-state index < -0.39 is 10.0 Å². The van der Waals surface area contributed by atoms with E-state index in [-0.39, 0.29) is 0 Å². The lowest BCUT2D eigenvalue weighted by Crippen LogP contribution is -2.35. The van der Waals surface area contributed by atoms with Crippen molar-refractivity contribution in [3.63, 3.8) is 0 Å². The van der Waals surface area contributed by atoms with E-state index in [0.29, 0.717) is 29.5 Å². The van der Waals surface area contributed by atoms with Crippen molar-refractivity contribution < 1.29 is 8.42 Å². The molecule has 0 atom stereocenters. The molecule has 1 aliphatic rings. The van der Waals surface area contributed by atoms with E-state index in [1.54, 1.807) is 28.7 Å². The van der Waals surface area contributed by atoms with Crippen LogP contribution in [0, 0.1) is 0 Å². The van der Waals surface area contributed by atoms with Crippen molar-refractivity contribution >= 4 is 15.8 Å². The molecule has 0 radical (unpaired) electrons. The lowest BCUT2D eigenvalue weighted by Gasteiger charge is -2.26. The standard InChI is InChI=1S/C17H18N4O2S/c22-24(23,21-10-2-1-3-11-21)15-7-4-6-14(12-15)16-13-20-9-5-8-18-17(20)19-16/h4-9,12-13H,1-3,10-11H2. The molecule has 0 saturated carbocycles. The molecule has 1 aliphatic heterocycles. The Morgan fingerprint density at radius 2 is 1.88 bits per heavy atom. The Morgan fingerprint density at radius 3 is 2.67 bits per heavy atom. The van der Waals surface area contributed by atoms with Crippen molar-refractivity contribution in [1.29, 1.82) is 0 Å². The van der Waals surface area contributed by atoms with Crippen molar-refractivity contribution in [2.24, 2.45) is 0 Å². The van der Waals surface area contributed by atoms with Gasteiger partial charge in [-0.05, 0) is 31.0 Å². The Bertz CT molecular complexity index is 942. The summed E-state index contributed by atoms with van der Waals surface area (Å²) in [7, 11) is -3.44. The van der Waals surface area contributed by atoms with Gasteiger partial charge in [0.25, 0.3) is 0 Å². The van der Waals surface area contributed by atoms with Gasteiger partial charge in [-0.25, -0.2) is 18.4 Å². The monoisotopic (exact) mass is 342 g/mol. The van der Waals surface area contributed by atoms with Gasteiger partial charge < -0.3 is 0 Å². The summed E-state index contributed by atoms with van der Waals surface area (Å²) in [6.45, 7) is 1.20. The molecule has 1 fully saturated rings. The van der Waals surface area contributed by atoms with Crippen LogP contribution in [0.15, 0.2) is 53.8 Å². The first-order valence-corrected chi connectivity index (χ1v) is 9.49. The van der Waals surface area contributed by atoms with Crippen LogP contribution in [-0.4, -0.2) is 40.2 Å². The summed E-state index contributed by atoms with van der Waals surface area (Å²) in [6.07, 6.45) is 8.36. The average Bonchev–Trinajstić information content (AvgIpc) is 3.07. The summed E-state index contributed by atoms with van der Waals surface area (Å²) >= 11 is 0. The Labute approximate surface area is 140 Å². The SMILES string of the molecule is O=S(=O)(c1cccc(-c2cn3cccnc3n2)c1)N1CCCCC1. The maximum Gasteiger partial charge on any atom is 0.243 e. The first-order chi connectivity index (χ1) is 11.6. The van der Waals surface area contributed by atoms with Crippen LogP contribution in [0.2, 0.25) is 0 Å². The second-order valence-electron chi connectivity index (χ2n) is 5.95. The van der Waals surface area contributed by atoms with E-state index in [2.05, 4.69) is 9.97 Å². The zero-order chi connectivity index (χ0) is 16.6. The van der Waals surface area contributed by atoms with E-state index in [9.17, 15) is 8.42 Å². The minimum absolute atomic E-state index is 0.326. The first kappa shape index (κ1) is 15.3. The third-order valence-electron chi connectivity index (χ3n) is 4.32. The van der Waals surface area contributed by atoms with Gasteiger partial charge >= 0.3 is 0 Å². The van der Waals surface area contributed by atoms with Crippen molar-refractivity contribution in [2.75, 3.05) is 13.1 Å². The minimum atomic E-state index is -3.44. The largest absolute Gasteiger partial charge is 0.291 e. The van der Waals surface area contributed by atoms with Gasteiger partial charge in [0, 0.05) is 37.2 Å². The molecule has 7 heteroatoms. The Kier molecular flexibility index (Phi) is 3.82. The van der Waals surface area contributed by atoms with E-state index >= 15 is 0 Å². The maximum absolute atomic E-state index is 12.8. The van der Waals surface area contributed by atoms with Crippen molar-refractivity contribution in [1.82, 2.24) is 18.7 Å². The molecule has 124 valence electrons. The summed E-state index contributed by atoms with van der Waals surface area (Å²) < 4.78 is 29.1. The van der Waals surface area contributed by atoms with Crippen molar-refractivity contribution in [2.45, 2.75) is 24.2 Å². The molecule has 4 rings (SSSR count). The van der Waals surface area contributed by atoms with Gasteiger partial charge in [0.15, 0.2) is 0 Å². The molecular formula is C17H18N4O2S. The number of aromatic nitrogens is 3. The van der Waals surface area contributed by atoms with Gasteiger partial charge in [0.05, 0.1) is 10.6 Å². The fourth-order valence-electron chi connectivity index (χ4n) is 3.04. The predicted molar refractivity (Wildman–Crippen MR) is 91.0 cm³/mol. The molecule has 0 spiro atoms. The maximum atomic E-state index is 12.8. The number of benzene rings is 1. The number of imidazole rings is 1. The molecule has 1 aromatic carbocycles. The topological polar surface area (TPSA) is 67.6 Å². The number of hydrogen-bond acceptors (Lipinski definition) is 4. The fourth-order valence-corrected chi connectivity index (χ4v) is 4.60. The first-order valence-electron chi connectivity index (χ1n) is 8.05. The van der Waals surface area contributed by atoms with Crippen LogP contribution in [0.1, 0.15) is 19.3 Å². The Morgan fingerprint density at radius 1 is 1.04 bits per heavy atom. The highest BCUT2D eigenvalue weighted by molar-refractivity contribution is 7.89. The number of sulfonamides is 1. The molecule has 1 saturated heterocycles. The lowest BCUT2D eigenvalue weighted by atomic mass is 10.2. The number of nitrogens with zero attached hydrogens (tertiary/aromatic N) is 4. The number of rotatable bonds is 3. The summed E-state index contributed by atoms with van der Waals surface area (Å²) in [6, 6.07) is 8.82. The third kappa shape index (κ3) is 2.70. The van der Waals surface area contributed by atoms with Crippen molar-refractivity contribution in [3.8, 4) is 11.3 Å². The van der Waals surface area contributed by atoms with Gasteiger partial charge in [-0.15, -0.1) is 0 Å². The molecule has 0 amide bonds. The Balaban J connectivity index is 1.73. The molecule has 6 nitrogen and oxygen atoms in total. The summed E-state index contributed by atoms with van der Waals surface area (Å²) in [5, 5.41) is 0. The van der Waals surface area contributed by atoms with Gasteiger partial charge in [0.2, 0.25) is 15.8 Å². The smallest absolute Gasteiger partial charge is 0.243 e. The average molecular weight is 342 g/mol. The third-order valence-corrected chi connectivity index (χ3v) is 6.21. The number of fused-ring (bicyclic) bond motifs is 1. The summed E-state index contributed by atoms with van der Waals surface area (Å²) in [5.74, 6) is 0.594. The van der Waals surface area contributed by atoms with Crippen LogP contribution >= 0.6 is 0 Å². The molecule has 2 aromatic heterocycles. The normalized spacial score (nSPS) is 16.5. The highest BCUT2D eigenvalue weighted by Gasteiger charge is 2.26. The summed E-state index contributed by atoms with van der Waals surface area (Å²) in [5.41, 5.74) is 1.49. The van der Waals surface area contributed by atoms with Crippen molar-refractivity contribution in [3.05, 3.63) is 48.9 Å². The lowest BCUT2D eigenvalue weighted by molar-refractivity contribution is 0.346. The van der Waals surface area contributed by atoms with E-state index in [0.717, 1.165) is 24.8 Å². The molecule has 0 aliphatic carbocycles. The highest BCUT2D eigenvalue weighted by Crippen LogP contribution is 2.25. The molecule has 24 heavy (non-hydrogen) atoms. The fraction of sp³-hybridized carbons (Fsp3) is 0.294.